The normalized spacial score (nSPS) is 23.7. The largest absolute Gasteiger partial charge is 0.379 e. The highest BCUT2D eigenvalue weighted by Gasteiger charge is 2.35. The Morgan fingerprint density at radius 2 is 2.04 bits per heavy atom. The number of carbonyl (C=O) groups is 1. The molecule has 2 bridgehead atoms. The molecule has 0 N–H and O–H groups in total. The average molecular weight is 355 g/mol. The van der Waals surface area contributed by atoms with E-state index in [9.17, 15) is 4.79 Å². The molecule has 1 aromatic carbocycles. The number of hydrogen-bond donors (Lipinski definition) is 0. The van der Waals surface area contributed by atoms with Crippen LogP contribution in [0.5, 0.6) is 0 Å². The Morgan fingerprint density at radius 3 is 2.85 bits per heavy atom. The smallest absolute Gasteiger partial charge is 0.254 e. The monoisotopic (exact) mass is 355 g/mol. The van der Waals surface area contributed by atoms with Crippen LogP contribution in [0.15, 0.2) is 36.9 Å². The van der Waals surface area contributed by atoms with Gasteiger partial charge >= 0.3 is 0 Å². The lowest BCUT2D eigenvalue weighted by Gasteiger charge is -2.31. The van der Waals surface area contributed by atoms with Gasteiger partial charge in [-0.2, -0.15) is 0 Å². The standard InChI is InChI=1S/C19H25N5O2/c1-2-6-22-8-15-9-24(18(10-22)12-26-11-15)19(25)16-4-3-5-17(7-16)23-13-20-21-14-23/h3-5,7,13-15,18H,2,6,8-12H2,1H3/t15-,18-/m0/s1. The van der Waals surface area contributed by atoms with E-state index in [0.29, 0.717) is 18.1 Å². The molecule has 4 rings (SSSR count). The Bertz CT molecular complexity index is 748. The number of rotatable bonds is 4. The van der Waals surface area contributed by atoms with Crippen molar-refractivity contribution in [2.75, 3.05) is 39.4 Å². The molecule has 2 aromatic rings. The lowest BCUT2D eigenvalue weighted by molar-refractivity contribution is 0.0439. The van der Waals surface area contributed by atoms with Crippen LogP contribution >= 0.6 is 0 Å². The highest BCUT2D eigenvalue weighted by Crippen LogP contribution is 2.22. The summed E-state index contributed by atoms with van der Waals surface area (Å²) in [5.41, 5.74) is 1.59. The zero-order chi connectivity index (χ0) is 17.9. The second kappa shape index (κ2) is 7.55. The molecule has 2 aliphatic heterocycles. The maximum absolute atomic E-state index is 13.3. The molecule has 7 heteroatoms. The molecule has 2 fully saturated rings. The van der Waals surface area contributed by atoms with E-state index in [1.165, 1.54) is 0 Å². The predicted octanol–water partition coefficient (Wildman–Crippen LogP) is 1.45. The second-order valence-electron chi connectivity index (χ2n) is 7.19. The van der Waals surface area contributed by atoms with Crippen LogP contribution in [-0.4, -0.2) is 75.9 Å². The molecule has 2 atom stereocenters. The SMILES string of the molecule is CCCN1C[C@@H]2COC[C@H](C1)N(C(=O)c1cccc(-n3cnnc3)c1)C2. The van der Waals surface area contributed by atoms with Gasteiger partial charge in [-0.15, -0.1) is 10.2 Å². The molecule has 2 aliphatic rings. The minimum absolute atomic E-state index is 0.0822. The van der Waals surface area contributed by atoms with Gasteiger partial charge in [-0.25, -0.2) is 0 Å². The third kappa shape index (κ3) is 3.50. The van der Waals surface area contributed by atoms with Crippen molar-refractivity contribution in [2.45, 2.75) is 19.4 Å². The summed E-state index contributed by atoms with van der Waals surface area (Å²) in [6, 6.07) is 7.76. The lowest BCUT2D eigenvalue weighted by atomic mass is 10.1. The summed E-state index contributed by atoms with van der Waals surface area (Å²) in [5.74, 6) is 0.456. The molecule has 0 aliphatic carbocycles. The van der Waals surface area contributed by atoms with Crippen molar-refractivity contribution in [3.05, 3.63) is 42.5 Å². The van der Waals surface area contributed by atoms with Crippen LogP contribution < -0.4 is 0 Å². The fourth-order valence-corrected chi connectivity index (χ4v) is 3.99. The first-order chi connectivity index (χ1) is 12.7. The number of nitrogens with zero attached hydrogens (tertiary/aromatic N) is 5. The maximum atomic E-state index is 13.3. The molecule has 7 nitrogen and oxygen atoms in total. The first-order valence-corrected chi connectivity index (χ1v) is 9.30. The van der Waals surface area contributed by atoms with Crippen LogP contribution in [-0.2, 0) is 4.74 Å². The van der Waals surface area contributed by atoms with Gasteiger partial charge in [-0.05, 0) is 31.2 Å². The van der Waals surface area contributed by atoms with E-state index in [1.54, 1.807) is 12.7 Å². The maximum Gasteiger partial charge on any atom is 0.254 e. The summed E-state index contributed by atoms with van der Waals surface area (Å²) in [7, 11) is 0. The van der Waals surface area contributed by atoms with E-state index < -0.39 is 0 Å². The molecule has 26 heavy (non-hydrogen) atoms. The molecule has 2 saturated heterocycles. The topological polar surface area (TPSA) is 63.5 Å². The highest BCUT2D eigenvalue weighted by atomic mass is 16.5. The molecule has 138 valence electrons. The van der Waals surface area contributed by atoms with Gasteiger partial charge in [-0.3, -0.25) is 9.36 Å². The van der Waals surface area contributed by atoms with Crippen LogP contribution in [0.1, 0.15) is 23.7 Å². The van der Waals surface area contributed by atoms with E-state index in [0.717, 1.165) is 44.9 Å². The molecule has 1 aromatic heterocycles. The number of hydrogen-bond acceptors (Lipinski definition) is 5. The third-order valence-electron chi connectivity index (χ3n) is 5.16. The number of benzene rings is 1. The van der Waals surface area contributed by atoms with Crippen LogP contribution in [0.4, 0.5) is 0 Å². The molecule has 1 amide bonds. The number of fused-ring (bicyclic) bond motifs is 3. The summed E-state index contributed by atoms with van der Waals surface area (Å²) in [6.07, 6.45) is 4.41. The molecule has 3 heterocycles. The Balaban J connectivity index is 1.58. The van der Waals surface area contributed by atoms with Gasteiger partial charge in [0.15, 0.2) is 0 Å². The molecule has 0 radical (unpaired) electrons. The van der Waals surface area contributed by atoms with Crippen molar-refractivity contribution in [3.63, 3.8) is 0 Å². The van der Waals surface area contributed by atoms with E-state index in [4.69, 9.17) is 4.74 Å². The number of amides is 1. The summed E-state index contributed by atoms with van der Waals surface area (Å²) in [5, 5.41) is 7.68. The summed E-state index contributed by atoms with van der Waals surface area (Å²) >= 11 is 0. The zero-order valence-electron chi connectivity index (χ0n) is 15.1. The average Bonchev–Trinajstić information content (AvgIpc) is 3.04. The van der Waals surface area contributed by atoms with E-state index in [2.05, 4.69) is 22.0 Å². The molecular weight excluding hydrogens is 330 g/mol. The molecule has 0 unspecified atom stereocenters. The summed E-state index contributed by atoms with van der Waals surface area (Å²) < 4.78 is 7.65. The van der Waals surface area contributed by atoms with E-state index >= 15 is 0 Å². The minimum atomic E-state index is 0.0822. The lowest BCUT2D eigenvalue weighted by Crippen LogP contribution is -2.46. The van der Waals surface area contributed by atoms with Gasteiger partial charge in [0.05, 0.1) is 19.3 Å². The van der Waals surface area contributed by atoms with Gasteiger partial charge < -0.3 is 14.5 Å². The number of carbonyl (C=O) groups excluding carboxylic acids is 1. The fraction of sp³-hybridized carbons (Fsp3) is 0.526. The van der Waals surface area contributed by atoms with Crippen molar-refractivity contribution in [3.8, 4) is 5.69 Å². The Morgan fingerprint density at radius 1 is 1.19 bits per heavy atom. The number of aromatic nitrogens is 3. The Hall–Kier alpha value is -2.25. The van der Waals surface area contributed by atoms with Gasteiger partial charge in [0, 0.05) is 36.8 Å². The quantitative estimate of drug-likeness (QED) is 0.831. The highest BCUT2D eigenvalue weighted by molar-refractivity contribution is 5.95. The third-order valence-corrected chi connectivity index (χ3v) is 5.16. The van der Waals surface area contributed by atoms with Crippen molar-refractivity contribution < 1.29 is 9.53 Å². The van der Waals surface area contributed by atoms with Crippen molar-refractivity contribution in [2.24, 2.45) is 5.92 Å². The van der Waals surface area contributed by atoms with Crippen molar-refractivity contribution in [1.29, 1.82) is 0 Å². The first-order valence-electron chi connectivity index (χ1n) is 9.30. The zero-order valence-corrected chi connectivity index (χ0v) is 15.1. The van der Waals surface area contributed by atoms with Crippen LogP contribution in [0.3, 0.4) is 0 Å². The van der Waals surface area contributed by atoms with Crippen LogP contribution in [0, 0.1) is 5.92 Å². The van der Waals surface area contributed by atoms with E-state index in [-0.39, 0.29) is 11.9 Å². The summed E-state index contributed by atoms with van der Waals surface area (Å²) in [4.78, 5) is 17.8. The van der Waals surface area contributed by atoms with Crippen LogP contribution in [0.25, 0.3) is 5.69 Å². The Kier molecular flexibility index (Phi) is 4.99. The van der Waals surface area contributed by atoms with Crippen molar-refractivity contribution in [1.82, 2.24) is 24.6 Å². The van der Waals surface area contributed by atoms with Gasteiger partial charge in [-0.1, -0.05) is 13.0 Å². The Labute approximate surface area is 153 Å². The minimum Gasteiger partial charge on any atom is -0.379 e. The number of ether oxygens (including phenoxy) is 1. The first kappa shape index (κ1) is 17.2. The second-order valence-corrected chi connectivity index (χ2v) is 7.19. The van der Waals surface area contributed by atoms with Gasteiger partial charge in [0.2, 0.25) is 0 Å². The predicted molar refractivity (Wildman–Crippen MR) is 97.2 cm³/mol. The summed E-state index contributed by atoms with van der Waals surface area (Å²) in [6.45, 7) is 7.31. The van der Waals surface area contributed by atoms with Crippen molar-refractivity contribution >= 4 is 5.91 Å². The van der Waals surface area contributed by atoms with Gasteiger partial charge in [0.1, 0.15) is 12.7 Å². The van der Waals surface area contributed by atoms with Crippen LogP contribution in [0.2, 0.25) is 0 Å². The molecule has 0 spiro atoms. The fourth-order valence-electron chi connectivity index (χ4n) is 3.99. The molecule has 0 saturated carbocycles. The van der Waals surface area contributed by atoms with Gasteiger partial charge in [0.25, 0.3) is 5.91 Å². The van der Waals surface area contributed by atoms with E-state index in [1.807, 2.05) is 33.7 Å². The molecular formula is C19H25N5O2.